The fourth-order valence-corrected chi connectivity index (χ4v) is 3.39. The van der Waals surface area contributed by atoms with E-state index in [0.717, 1.165) is 50.0 Å². The fraction of sp³-hybridized carbons (Fsp3) is 0.727. The van der Waals surface area contributed by atoms with Crippen molar-refractivity contribution in [3.8, 4) is 0 Å². The van der Waals surface area contributed by atoms with Gasteiger partial charge in [-0.15, -0.1) is 0 Å². The fourth-order valence-electron chi connectivity index (χ4n) is 3.39. The Bertz CT molecular complexity index is 471. The van der Waals surface area contributed by atoms with Gasteiger partial charge in [-0.3, -0.25) is 9.89 Å². The molecular formula is C11H18BN3O2. The first kappa shape index (κ1) is 11.1. The molecule has 3 N–H and O–H groups in total. The van der Waals surface area contributed by atoms with E-state index in [1.807, 2.05) is 6.82 Å². The minimum atomic E-state index is -0.363. The van der Waals surface area contributed by atoms with Gasteiger partial charge in [-0.25, -0.2) is 0 Å². The van der Waals surface area contributed by atoms with E-state index >= 15 is 0 Å². The third kappa shape index (κ3) is 1.58. The van der Waals surface area contributed by atoms with Gasteiger partial charge in [0.05, 0.1) is 0 Å². The van der Waals surface area contributed by atoms with Gasteiger partial charge in [-0.05, 0) is 45.6 Å². The number of hydrogen-bond acceptors (Lipinski definition) is 3. The van der Waals surface area contributed by atoms with Crippen molar-refractivity contribution < 1.29 is 5.02 Å². The second kappa shape index (κ2) is 3.75. The van der Waals surface area contributed by atoms with Gasteiger partial charge >= 0.3 is 7.05 Å². The molecule has 1 aromatic rings. The molecule has 92 valence electrons. The van der Waals surface area contributed by atoms with E-state index in [1.54, 1.807) is 0 Å². The van der Waals surface area contributed by atoms with Gasteiger partial charge in [0.25, 0.3) is 5.56 Å². The predicted octanol–water partition coefficient (Wildman–Crippen LogP) is 0.0931. The highest BCUT2D eigenvalue weighted by molar-refractivity contribution is 6.45. The standard InChI is InChI=1S/C11H18BN3O2/c1-12(17)15-6-4-11(5-7-15)3-2-8-9(11)13-14-10(8)16/h17H,2-7H2,1H3,(H2,13,14,16). The number of H-pyrrole nitrogens is 2. The minimum absolute atomic E-state index is 0.0508. The van der Waals surface area contributed by atoms with Gasteiger partial charge in [-0.2, -0.15) is 0 Å². The molecule has 0 radical (unpaired) electrons. The monoisotopic (exact) mass is 235 g/mol. The summed E-state index contributed by atoms with van der Waals surface area (Å²) in [7, 11) is -0.363. The molecule has 0 saturated carbocycles. The van der Waals surface area contributed by atoms with Crippen molar-refractivity contribution in [3.63, 3.8) is 0 Å². The molecule has 5 nitrogen and oxygen atoms in total. The summed E-state index contributed by atoms with van der Waals surface area (Å²) in [6.45, 7) is 3.63. The molecular weight excluding hydrogens is 217 g/mol. The molecule has 2 heterocycles. The highest BCUT2D eigenvalue weighted by Crippen LogP contribution is 2.44. The molecule has 6 heteroatoms. The van der Waals surface area contributed by atoms with Crippen LogP contribution in [-0.4, -0.2) is 40.2 Å². The summed E-state index contributed by atoms with van der Waals surface area (Å²) in [5, 5.41) is 15.3. The van der Waals surface area contributed by atoms with E-state index in [9.17, 15) is 9.82 Å². The maximum atomic E-state index is 11.6. The molecule has 1 spiro atoms. The molecule has 2 aliphatic rings. The van der Waals surface area contributed by atoms with Crippen molar-refractivity contribution in [2.24, 2.45) is 0 Å². The third-order valence-electron chi connectivity index (χ3n) is 4.54. The number of hydrogen-bond donors (Lipinski definition) is 3. The highest BCUT2D eigenvalue weighted by Gasteiger charge is 2.44. The average molecular weight is 235 g/mol. The van der Waals surface area contributed by atoms with Crippen LogP contribution in [0.4, 0.5) is 0 Å². The van der Waals surface area contributed by atoms with E-state index in [0.29, 0.717) is 0 Å². The summed E-state index contributed by atoms with van der Waals surface area (Å²) in [6, 6.07) is 0. The smallest absolute Gasteiger partial charge is 0.376 e. The topological polar surface area (TPSA) is 72.1 Å². The Labute approximate surface area is 100 Å². The molecule has 1 fully saturated rings. The summed E-state index contributed by atoms with van der Waals surface area (Å²) in [6.07, 6.45) is 4.02. The van der Waals surface area contributed by atoms with Crippen molar-refractivity contribution in [3.05, 3.63) is 21.6 Å². The first-order valence-electron chi connectivity index (χ1n) is 6.34. The predicted molar refractivity (Wildman–Crippen MR) is 66.1 cm³/mol. The number of nitrogens with zero attached hydrogens (tertiary/aromatic N) is 1. The highest BCUT2D eigenvalue weighted by atomic mass is 16.2. The summed E-state index contributed by atoms with van der Waals surface area (Å²) in [5.41, 5.74) is 2.29. The Kier molecular flexibility index (Phi) is 2.45. The summed E-state index contributed by atoms with van der Waals surface area (Å²) in [4.78, 5) is 13.7. The number of fused-ring (bicyclic) bond motifs is 2. The van der Waals surface area contributed by atoms with Crippen LogP contribution in [0.2, 0.25) is 6.82 Å². The Morgan fingerprint density at radius 3 is 2.65 bits per heavy atom. The zero-order valence-corrected chi connectivity index (χ0v) is 10.1. The van der Waals surface area contributed by atoms with Crippen molar-refractivity contribution >= 4 is 7.05 Å². The largest absolute Gasteiger partial charge is 0.437 e. The number of rotatable bonds is 1. The van der Waals surface area contributed by atoms with Crippen molar-refractivity contribution in [1.82, 2.24) is 15.0 Å². The van der Waals surface area contributed by atoms with Crippen molar-refractivity contribution in [2.45, 2.75) is 37.9 Å². The zero-order valence-electron chi connectivity index (χ0n) is 10.1. The average Bonchev–Trinajstić information content (AvgIpc) is 2.84. The summed E-state index contributed by atoms with van der Waals surface area (Å²) >= 11 is 0. The first-order chi connectivity index (χ1) is 8.12. The maximum absolute atomic E-state index is 11.6. The number of aromatic amines is 2. The van der Waals surface area contributed by atoms with Gasteiger partial charge < -0.3 is 14.9 Å². The lowest BCUT2D eigenvalue weighted by molar-refractivity contribution is 0.210. The van der Waals surface area contributed by atoms with Crippen molar-refractivity contribution in [1.29, 1.82) is 0 Å². The number of nitrogens with one attached hydrogen (secondary N) is 2. The Morgan fingerprint density at radius 2 is 2.00 bits per heavy atom. The molecule has 1 aromatic heterocycles. The summed E-state index contributed by atoms with van der Waals surface area (Å²) in [5.74, 6) is 0. The zero-order chi connectivity index (χ0) is 12.0. The SMILES string of the molecule is CB(O)N1CCC2(CCc3c2[nH][nH]c3=O)CC1. The molecule has 17 heavy (non-hydrogen) atoms. The maximum Gasteiger partial charge on any atom is 0.376 e. The minimum Gasteiger partial charge on any atom is -0.437 e. The van der Waals surface area contributed by atoms with Gasteiger partial charge in [-0.1, -0.05) is 0 Å². The van der Waals surface area contributed by atoms with Crippen LogP contribution in [-0.2, 0) is 11.8 Å². The lowest BCUT2D eigenvalue weighted by Gasteiger charge is -2.39. The quantitative estimate of drug-likeness (QED) is 0.604. The first-order valence-corrected chi connectivity index (χ1v) is 6.34. The van der Waals surface area contributed by atoms with E-state index < -0.39 is 0 Å². The van der Waals surface area contributed by atoms with Crippen LogP contribution >= 0.6 is 0 Å². The molecule has 0 amide bonds. The van der Waals surface area contributed by atoms with Crippen LogP contribution in [0.1, 0.15) is 30.5 Å². The Balaban J connectivity index is 1.84. The normalized spacial score (nSPS) is 22.9. The third-order valence-corrected chi connectivity index (χ3v) is 4.54. The Hall–Kier alpha value is -1.01. The molecule has 3 rings (SSSR count). The molecule has 1 saturated heterocycles. The van der Waals surface area contributed by atoms with Crippen LogP contribution in [0.3, 0.4) is 0 Å². The van der Waals surface area contributed by atoms with Gasteiger partial charge in [0.2, 0.25) is 0 Å². The molecule has 1 aliphatic heterocycles. The van der Waals surface area contributed by atoms with Gasteiger partial charge in [0, 0.05) is 16.7 Å². The molecule has 1 aliphatic carbocycles. The lowest BCUT2D eigenvalue weighted by Crippen LogP contribution is -2.47. The van der Waals surface area contributed by atoms with Crippen LogP contribution in [0.15, 0.2) is 4.79 Å². The van der Waals surface area contributed by atoms with Crippen molar-refractivity contribution in [2.75, 3.05) is 13.1 Å². The number of aromatic nitrogens is 2. The van der Waals surface area contributed by atoms with Crippen LogP contribution in [0.5, 0.6) is 0 Å². The van der Waals surface area contributed by atoms with E-state index in [1.165, 1.54) is 0 Å². The van der Waals surface area contributed by atoms with E-state index in [2.05, 4.69) is 15.0 Å². The molecule has 0 atom stereocenters. The van der Waals surface area contributed by atoms with Gasteiger partial charge in [0.15, 0.2) is 0 Å². The summed E-state index contributed by atoms with van der Waals surface area (Å²) < 4.78 is 0. The van der Waals surface area contributed by atoms with E-state index in [-0.39, 0.29) is 18.0 Å². The van der Waals surface area contributed by atoms with Gasteiger partial charge in [0.1, 0.15) is 0 Å². The Morgan fingerprint density at radius 1 is 1.29 bits per heavy atom. The van der Waals surface area contributed by atoms with Crippen LogP contribution < -0.4 is 5.56 Å². The second-order valence-corrected chi connectivity index (χ2v) is 5.38. The number of piperidine rings is 1. The molecule has 0 unspecified atom stereocenters. The lowest BCUT2D eigenvalue weighted by atomic mass is 9.72. The van der Waals surface area contributed by atoms with Crippen LogP contribution in [0, 0.1) is 0 Å². The second-order valence-electron chi connectivity index (χ2n) is 5.38. The molecule has 0 bridgehead atoms. The van der Waals surface area contributed by atoms with E-state index in [4.69, 9.17) is 0 Å². The molecule has 0 aromatic carbocycles. The van der Waals surface area contributed by atoms with Crippen LogP contribution in [0.25, 0.3) is 0 Å².